The van der Waals surface area contributed by atoms with E-state index in [4.69, 9.17) is 4.74 Å². The summed E-state index contributed by atoms with van der Waals surface area (Å²) in [5, 5.41) is 14.6. The van der Waals surface area contributed by atoms with Crippen molar-refractivity contribution in [1.82, 2.24) is 0 Å². The smallest absolute Gasteiger partial charge is 0.141 e. The lowest BCUT2D eigenvalue weighted by Crippen LogP contribution is -2.13. The van der Waals surface area contributed by atoms with Crippen LogP contribution < -0.4 is 10.1 Å². The van der Waals surface area contributed by atoms with Crippen LogP contribution in [0.3, 0.4) is 0 Å². The van der Waals surface area contributed by atoms with Gasteiger partial charge in [-0.15, -0.1) is 0 Å². The van der Waals surface area contributed by atoms with Gasteiger partial charge in [0.1, 0.15) is 11.5 Å². The summed E-state index contributed by atoms with van der Waals surface area (Å²) in [6.45, 7) is 2.16. The number of aromatic hydroxyl groups is 1. The van der Waals surface area contributed by atoms with E-state index in [0.717, 1.165) is 47.4 Å². The van der Waals surface area contributed by atoms with Crippen molar-refractivity contribution in [2.45, 2.75) is 32.2 Å². The molecule has 3 aromatic rings. The van der Waals surface area contributed by atoms with Crippen LogP contribution in [-0.4, -0.2) is 12.2 Å². The molecule has 0 aromatic heterocycles. The minimum Gasteiger partial charge on any atom is -0.507 e. The first kappa shape index (κ1) is 18.8. The van der Waals surface area contributed by atoms with Gasteiger partial charge < -0.3 is 15.2 Å². The summed E-state index contributed by atoms with van der Waals surface area (Å²) >= 11 is 0. The lowest BCUT2D eigenvalue weighted by Gasteiger charge is -2.24. The summed E-state index contributed by atoms with van der Waals surface area (Å²) in [6, 6.07) is 23.9. The molecule has 0 aliphatic rings. The molecule has 27 heavy (non-hydrogen) atoms. The highest BCUT2D eigenvalue weighted by molar-refractivity contribution is 5.60. The molecular weight excluding hydrogens is 334 g/mol. The minimum absolute atomic E-state index is 0.177. The molecule has 0 saturated heterocycles. The molecule has 3 nitrogen and oxygen atoms in total. The lowest BCUT2D eigenvalue weighted by atomic mass is 9.94. The van der Waals surface area contributed by atoms with Crippen molar-refractivity contribution in [2.75, 3.05) is 12.4 Å². The van der Waals surface area contributed by atoms with E-state index in [1.807, 2.05) is 60.7 Å². The second-order valence-corrected chi connectivity index (χ2v) is 6.65. The van der Waals surface area contributed by atoms with Gasteiger partial charge in [-0.2, -0.15) is 0 Å². The van der Waals surface area contributed by atoms with E-state index in [0.29, 0.717) is 5.75 Å². The number of nitrogens with one attached hydrogen (secondary N) is 1. The molecule has 0 aliphatic heterocycles. The second kappa shape index (κ2) is 9.13. The monoisotopic (exact) mass is 361 g/mol. The van der Waals surface area contributed by atoms with Crippen LogP contribution in [0.25, 0.3) is 0 Å². The highest BCUT2D eigenvalue weighted by atomic mass is 16.5. The van der Waals surface area contributed by atoms with Crippen LogP contribution in [-0.2, 0) is 6.42 Å². The topological polar surface area (TPSA) is 41.5 Å². The number of unbranched alkanes of at least 4 members (excludes halogenated alkanes) is 1. The van der Waals surface area contributed by atoms with Gasteiger partial charge in [-0.05, 0) is 36.1 Å². The van der Waals surface area contributed by atoms with Crippen molar-refractivity contribution in [3.8, 4) is 11.5 Å². The third-order valence-corrected chi connectivity index (χ3v) is 4.80. The SMILES string of the molecule is CCCCc1cccc(C(Nc2ccccc2OC)c2ccccc2)c1O. The molecule has 0 saturated carbocycles. The Kier molecular flexibility index (Phi) is 6.37. The summed E-state index contributed by atoms with van der Waals surface area (Å²) in [6.07, 6.45) is 3.05. The Hall–Kier alpha value is -2.94. The molecule has 1 unspecified atom stereocenters. The van der Waals surface area contributed by atoms with Crippen LogP contribution in [0.5, 0.6) is 11.5 Å². The Labute approximate surface area is 161 Å². The lowest BCUT2D eigenvalue weighted by molar-refractivity contribution is 0.416. The molecule has 0 aliphatic carbocycles. The first-order valence-electron chi connectivity index (χ1n) is 9.49. The second-order valence-electron chi connectivity index (χ2n) is 6.65. The number of phenols is 1. The zero-order chi connectivity index (χ0) is 19.1. The molecule has 0 heterocycles. The fraction of sp³-hybridized carbons (Fsp3) is 0.250. The first-order valence-corrected chi connectivity index (χ1v) is 9.49. The molecule has 0 fully saturated rings. The summed E-state index contributed by atoms with van der Waals surface area (Å²) < 4.78 is 5.50. The van der Waals surface area contributed by atoms with E-state index >= 15 is 0 Å². The van der Waals surface area contributed by atoms with Crippen LogP contribution in [0.15, 0.2) is 72.8 Å². The average molecular weight is 361 g/mol. The maximum absolute atomic E-state index is 11.0. The summed E-state index contributed by atoms with van der Waals surface area (Å²) in [5.74, 6) is 1.15. The Morgan fingerprint density at radius 1 is 0.926 bits per heavy atom. The highest BCUT2D eigenvalue weighted by Crippen LogP contribution is 2.37. The summed E-state index contributed by atoms with van der Waals surface area (Å²) in [5.41, 5.74) is 3.86. The zero-order valence-electron chi connectivity index (χ0n) is 16.0. The number of aryl methyl sites for hydroxylation is 1. The number of anilines is 1. The van der Waals surface area contributed by atoms with E-state index in [1.54, 1.807) is 7.11 Å². The maximum Gasteiger partial charge on any atom is 0.141 e. The maximum atomic E-state index is 11.0. The molecule has 140 valence electrons. The van der Waals surface area contributed by atoms with Crippen molar-refractivity contribution < 1.29 is 9.84 Å². The predicted octanol–water partition coefficient (Wildman–Crippen LogP) is 5.94. The molecule has 3 heteroatoms. The molecule has 3 aromatic carbocycles. The van der Waals surface area contributed by atoms with E-state index in [1.165, 1.54) is 0 Å². The van der Waals surface area contributed by atoms with Gasteiger partial charge in [-0.1, -0.05) is 74.0 Å². The molecule has 1 atom stereocenters. The Bertz CT molecular complexity index is 861. The van der Waals surface area contributed by atoms with Crippen molar-refractivity contribution in [1.29, 1.82) is 0 Å². The quantitative estimate of drug-likeness (QED) is 0.521. The molecule has 0 radical (unpaired) electrons. The molecular formula is C24H27NO2. The van der Waals surface area contributed by atoms with Crippen LogP contribution in [0.1, 0.15) is 42.5 Å². The first-order chi connectivity index (χ1) is 13.2. The van der Waals surface area contributed by atoms with Gasteiger partial charge >= 0.3 is 0 Å². The summed E-state index contributed by atoms with van der Waals surface area (Å²) in [7, 11) is 1.67. The Morgan fingerprint density at radius 3 is 2.41 bits per heavy atom. The molecule has 0 spiro atoms. The van der Waals surface area contributed by atoms with Crippen LogP contribution in [0, 0.1) is 0 Å². The Balaban J connectivity index is 2.04. The third-order valence-electron chi connectivity index (χ3n) is 4.80. The fourth-order valence-electron chi connectivity index (χ4n) is 3.32. The van der Waals surface area contributed by atoms with Gasteiger partial charge in [0.05, 0.1) is 18.8 Å². The number of benzene rings is 3. The number of para-hydroxylation sites is 3. The number of phenolic OH excluding ortho intramolecular Hbond substituents is 1. The normalized spacial score (nSPS) is 11.8. The molecule has 0 bridgehead atoms. The fourth-order valence-corrected chi connectivity index (χ4v) is 3.32. The van der Waals surface area contributed by atoms with Gasteiger partial charge in [-0.3, -0.25) is 0 Å². The van der Waals surface area contributed by atoms with Crippen LogP contribution in [0.4, 0.5) is 5.69 Å². The van der Waals surface area contributed by atoms with E-state index < -0.39 is 0 Å². The van der Waals surface area contributed by atoms with E-state index in [2.05, 4.69) is 24.4 Å². The number of rotatable bonds is 8. The van der Waals surface area contributed by atoms with Gasteiger partial charge in [0.2, 0.25) is 0 Å². The van der Waals surface area contributed by atoms with Gasteiger partial charge in [0.15, 0.2) is 0 Å². The number of ether oxygens (including phenoxy) is 1. The molecule has 3 rings (SSSR count). The third kappa shape index (κ3) is 4.43. The number of hydrogen-bond acceptors (Lipinski definition) is 3. The van der Waals surface area contributed by atoms with Crippen molar-refractivity contribution in [3.05, 3.63) is 89.5 Å². The van der Waals surface area contributed by atoms with Gasteiger partial charge in [0.25, 0.3) is 0 Å². The zero-order valence-corrected chi connectivity index (χ0v) is 16.0. The predicted molar refractivity (Wildman–Crippen MR) is 112 cm³/mol. The van der Waals surface area contributed by atoms with Gasteiger partial charge in [0, 0.05) is 5.56 Å². The minimum atomic E-state index is -0.177. The van der Waals surface area contributed by atoms with E-state index in [-0.39, 0.29) is 6.04 Å². The number of methoxy groups -OCH3 is 1. The van der Waals surface area contributed by atoms with Crippen LogP contribution >= 0.6 is 0 Å². The molecule has 2 N–H and O–H groups in total. The average Bonchev–Trinajstić information content (AvgIpc) is 2.72. The molecule has 0 amide bonds. The summed E-state index contributed by atoms with van der Waals surface area (Å²) in [4.78, 5) is 0. The van der Waals surface area contributed by atoms with Crippen molar-refractivity contribution in [3.63, 3.8) is 0 Å². The van der Waals surface area contributed by atoms with Crippen molar-refractivity contribution >= 4 is 5.69 Å². The van der Waals surface area contributed by atoms with Crippen LogP contribution in [0.2, 0.25) is 0 Å². The highest BCUT2D eigenvalue weighted by Gasteiger charge is 2.20. The van der Waals surface area contributed by atoms with Crippen molar-refractivity contribution in [2.24, 2.45) is 0 Å². The standard InChI is InChI=1S/C24H27NO2/c1-3-4-11-19-14-10-15-20(24(19)26)23(18-12-6-5-7-13-18)25-21-16-8-9-17-22(21)27-2/h5-10,12-17,23,25-26H,3-4,11H2,1-2H3. The number of hydrogen-bond donors (Lipinski definition) is 2. The van der Waals surface area contributed by atoms with E-state index in [9.17, 15) is 5.11 Å². The van der Waals surface area contributed by atoms with Gasteiger partial charge in [-0.25, -0.2) is 0 Å². The Morgan fingerprint density at radius 2 is 1.67 bits per heavy atom. The largest absolute Gasteiger partial charge is 0.507 e.